The zero-order valence-corrected chi connectivity index (χ0v) is 16.9. The lowest BCUT2D eigenvalue weighted by Gasteiger charge is -2.52. The zero-order chi connectivity index (χ0) is 17.9. The third-order valence-electron chi connectivity index (χ3n) is 4.49. The Balaban J connectivity index is 3.68. The molecular weight excluding hydrogens is 332 g/mol. The van der Waals surface area contributed by atoms with Crippen LogP contribution in [0.4, 0.5) is 0 Å². The fourth-order valence-electron chi connectivity index (χ4n) is 2.79. The fourth-order valence-corrected chi connectivity index (χ4v) is 3.96. The third-order valence-corrected chi connectivity index (χ3v) is 5.54. The molecule has 1 aromatic heterocycles. The van der Waals surface area contributed by atoms with Crippen LogP contribution in [0.25, 0.3) is 0 Å². The first kappa shape index (κ1) is 20.1. The van der Waals surface area contributed by atoms with Gasteiger partial charge >= 0.3 is 5.97 Å². The summed E-state index contributed by atoms with van der Waals surface area (Å²) in [5, 5.41) is 0.311. The van der Waals surface area contributed by atoms with Crippen LogP contribution in [0, 0.1) is 5.41 Å². The lowest BCUT2D eigenvalue weighted by molar-refractivity contribution is -0.174. The van der Waals surface area contributed by atoms with Crippen LogP contribution < -0.4 is 5.73 Å². The maximum absolute atomic E-state index is 12.7. The molecule has 2 N–H and O–H groups in total. The van der Waals surface area contributed by atoms with E-state index in [9.17, 15) is 4.79 Å². The summed E-state index contributed by atoms with van der Waals surface area (Å²) >= 11 is 6.34. The number of ether oxygens (including phenoxy) is 1. The number of rotatable bonds is 6. The molecule has 0 aliphatic heterocycles. The molecule has 0 amide bonds. The van der Waals surface area contributed by atoms with Crippen molar-refractivity contribution in [3.05, 3.63) is 29.0 Å². The monoisotopic (exact) mass is 358 g/mol. The van der Waals surface area contributed by atoms with E-state index in [2.05, 4.69) is 4.98 Å². The van der Waals surface area contributed by atoms with Gasteiger partial charge in [0.2, 0.25) is 5.72 Å². The van der Waals surface area contributed by atoms with Crippen molar-refractivity contribution in [2.24, 2.45) is 11.1 Å². The van der Waals surface area contributed by atoms with Gasteiger partial charge in [0.15, 0.2) is 9.76 Å². The predicted molar refractivity (Wildman–Crippen MR) is 95.1 cm³/mol. The quantitative estimate of drug-likeness (QED) is 0.366. The smallest absolute Gasteiger partial charge is 0.353 e. The number of nitrogens with two attached hydrogens (primary N) is 1. The van der Waals surface area contributed by atoms with Crippen molar-refractivity contribution in [1.29, 1.82) is 0 Å². The van der Waals surface area contributed by atoms with Gasteiger partial charge in [-0.3, -0.25) is 5.73 Å². The molecule has 130 valence electrons. The van der Waals surface area contributed by atoms with E-state index in [1.807, 2.05) is 40.3 Å². The molecule has 7 heteroatoms. The standard InChI is InChI=1S/C16H27ClN2O3Si/c1-7-21-13(20)16(18,22-23-6)15(5,14(2,3)4)11-9-8-10-19-12(11)17/h8-10H,7,18,23H2,1-6H3. The Kier molecular flexibility index (Phi) is 6.37. The van der Waals surface area contributed by atoms with E-state index in [1.165, 1.54) is 0 Å². The molecule has 5 nitrogen and oxygen atoms in total. The highest BCUT2D eigenvalue weighted by Gasteiger charge is 2.60. The van der Waals surface area contributed by atoms with Gasteiger partial charge in [-0.1, -0.05) is 51.9 Å². The molecule has 0 fully saturated rings. The van der Waals surface area contributed by atoms with Gasteiger partial charge in [0.25, 0.3) is 0 Å². The minimum Gasteiger partial charge on any atom is -0.463 e. The van der Waals surface area contributed by atoms with E-state index >= 15 is 0 Å². The maximum Gasteiger partial charge on any atom is 0.353 e. The number of hydrogen-bond acceptors (Lipinski definition) is 5. The van der Waals surface area contributed by atoms with Gasteiger partial charge in [0.1, 0.15) is 5.15 Å². The molecule has 1 heterocycles. The number of nitrogens with zero attached hydrogens (tertiary/aromatic N) is 1. The number of carbonyl (C=O) groups excluding carboxylic acids is 1. The topological polar surface area (TPSA) is 74.4 Å². The van der Waals surface area contributed by atoms with Gasteiger partial charge in [0.05, 0.1) is 12.0 Å². The van der Waals surface area contributed by atoms with Crippen molar-refractivity contribution in [2.45, 2.75) is 52.3 Å². The Morgan fingerprint density at radius 1 is 1.39 bits per heavy atom. The third kappa shape index (κ3) is 3.45. The van der Waals surface area contributed by atoms with Gasteiger partial charge in [-0.2, -0.15) is 0 Å². The number of hydrogen-bond donors (Lipinski definition) is 1. The summed E-state index contributed by atoms with van der Waals surface area (Å²) in [5.74, 6) is -0.577. The van der Waals surface area contributed by atoms with Crippen LogP contribution in [0.1, 0.15) is 40.2 Å². The van der Waals surface area contributed by atoms with Gasteiger partial charge in [-0.15, -0.1) is 0 Å². The van der Waals surface area contributed by atoms with E-state index in [0.717, 1.165) is 0 Å². The van der Waals surface area contributed by atoms with Gasteiger partial charge in [-0.25, -0.2) is 9.78 Å². The average Bonchev–Trinajstić information content (AvgIpc) is 2.46. The molecule has 2 atom stereocenters. The lowest BCUT2D eigenvalue weighted by atomic mass is 9.58. The summed E-state index contributed by atoms with van der Waals surface area (Å²) in [6.45, 7) is 11.8. The minimum absolute atomic E-state index is 0.230. The summed E-state index contributed by atoms with van der Waals surface area (Å²) in [6.07, 6.45) is 1.60. The molecule has 0 aromatic carbocycles. The van der Waals surface area contributed by atoms with Crippen LogP contribution in [-0.4, -0.2) is 33.0 Å². The van der Waals surface area contributed by atoms with Gasteiger partial charge in [-0.05, 0) is 18.4 Å². The van der Waals surface area contributed by atoms with E-state index < -0.39 is 32.3 Å². The van der Waals surface area contributed by atoms with Crippen LogP contribution in [0.5, 0.6) is 0 Å². The fraction of sp³-hybridized carbons (Fsp3) is 0.625. The summed E-state index contributed by atoms with van der Waals surface area (Å²) < 4.78 is 11.1. The first-order chi connectivity index (χ1) is 10.6. The molecule has 2 unspecified atom stereocenters. The van der Waals surface area contributed by atoms with E-state index in [1.54, 1.807) is 19.2 Å². The largest absolute Gasteiger partial charge is 0.463 e. The zero-order valence-electron chi connectivity index (χ0n) is 14.8. The Bertz CT molecular complexity index is 565. The number of aromatic nitrogens is 1. The molecule has 1 aromatic rings. The number of esters is 1. The molecule has 23 heavy (non-hydrogen) atoms. The number of pyridine rings is 1. The molecule has 0 aliphatic carbocycles. The van der Waals surface area contributed by atoms with Crippen LogP contribution in [-0.2, 0) is 19.4 Å². The first-order valence-corrected chi connectivity index (χ1v) is 10.1. The molecule has 0 saturated carbocycles. The van der Waals surface area contributed by atoms with Crippen molar-refractivity contribution < 1.29 is 14.0 Å². The Labute approximate surface area is 145 Å². The van der Waals surface area contributed by atoms with E-state index in [0.29, 0.717) is 10.7 Å². The first-order valence-electron chi connectivity index (χ1n) is 7.77. The summed E-state index contributed by atoms with van der Waals surface area (Å²) in [5.41, 5.74) is 4.23. The Hall–Kier alpha value is -0.953. The molecule has 0 spiro atoms. The van der Waals surface area contributed by atoms with Crippen molar-refractivity contribution in [3.8, 4) is 0 Å². The van der Waals surface area contributed by atoms with E-state index in [4.69, 9.17) is 26.5 Å². The molecular formula is C16H27ClN2O3Si. The van der Waals surface area contributed by atoms with E-state index in [-0.39, 0.29) is 6.61 Å². The summed E-state index contributed by atoms with van der Waals surface area (Å²) in [7, 11) is -0.994. The SMILES string of the molecule is CCOC(=O)C(N)(O[SiH2]C)C(C)(c1cccnc1Cl)C(C)(C)C. The second-order valence-corrected chi connectivity index (χ2v) is 7.83. The van der Waals surface area contributed by atoms with Crippen LogP contribution in [0.15, 0.2) is 18.3 Å². The number of carbonyl (C=O) groups is 1. The molecule has 0 radical (unpaired) electrons. The Morgan fingerprint density at radius 3 is 2.43 bits per heavy atom. The highest BCUT2D eigenvalue weighted by Crippen LogP contribution is 2.50. The summed E-state index contributed by atoms with van der Waals surface area (Å²) in [4.78, 5) is 16.9. The van der Waals surface area contributed by atoms with Gasteiger partial charge < -0.3 is 9.16 Å². The Morgan fingerprint density at radius 2 is 2.00 bits per heavy atom. The molecule has 0 aliphatic rings. The van der Waals surface area contributed by atoms with Crippen LogP contribution in [0.2, 0.25) is 11.7 Å². The van der Waals surface area contributed by atoms with Crippen LogP contribution in [0.3, 0.4) is 0 Å². The van der Waals surface area contributed by atoms with Crippen molar-refractivity contribution in [1.82, 2.24) is 4.98 Å². The minimum atomic E-state index is -1.63. The average molecular weight is 359 g/mol. The second-order valence-electron chi connectivity index (χ2n) is 6.61. The molecule has 1 rings (SSSR count). The summed E-state index contributed by atoms with van der Waals surface area (Å²) in [6, 6.07) is 3.61. The predicted octanol–water partition coefficient (Wildman–Crippen LogP) is 2.41. The van der Waals surface area contributed by atoms with Crippen molar-refractivity contribution >= 4 is 27.3 Å². The maximum atomic E-state index is 12.7. The van der Waals surface area contributed by atoms with Gasteiger partial charge in [0, 0.05) is 11.8 Å². The van der Waals surface area contributed by atoms with Crippen molar-refractivity contribution in [3.63, 3.8) is 0 Å². The lowest BCUT2D eigenvalue weighted by Crippen LogP contribution is -2.69. The highest BCUT2D eigenvalue weighted by molar-refractivity contribution is 6.30. The molecule has 0 bridgehead atoms. The number of halogens is 1. The highest BCUT2D eigenvalue weighted by atomic mass is 35.5. The van der Waals surface area contributed by atoms with Crippen LogP contribution >= 0.6 is 11.6 Å². The van der Waals surface area contributed by atoms with Crippen molar-refractivity contribution in [2.75, 3.05) is 6.61 Å². The normalized spacial score (nSPS) is 17.7. The molecule has 0 saturated heterocycles. The second kappa shape index (κ2) is 7.30.